The Bertz CT molecular complexity index is 185. The van der Waals surface area contributed by atoms with Crippen LogP contribution in [0.15, 0.2) is 0 Å². The van der Waals surface area contributed by atoms with Gasteiger partial charge in [-0.25, -0.2) is 0 Å². The van der Waals surface area contributed by atoms with E-state index in [4.69, 9.17) is 0 Å². The molecular formula is C15H33NO2. The number of quaternary nitrogens is 1. The van der Waals surface area contributed by atoms with Crippen LogP contribution in [-0.4, -0.2) is 38.1 Å². The third-order valence-electron chi connectivity index (χ3n) is 2.67. The minimum atomic E-state index is -0.943. The predicted octanol–water partition coefficient (Wildman–Crippen LogP) is 2.59. The van der Waals surface area contributed by atoms with Crippen LogP contribution in [0.25, 0.3) is 0 Å². The van der Waals surface area contributed by atoms with Gasteiger partial charge in [0.25, 0.3) is 0 Å². The van der Waals surface area contributed by atoms with Crippen LogP contribution in [0, 0.1) is 0 Å². The van der Waals surface area contributed by atoms with Crippen molar-refractivity contribution in [2.24, 2.45) is 0 Å². The minimum absolute atomic E-state index is 0.205. The van der Waals surface area contributed by atoms with Gasteiger partial charge in [0.2, 0.25) is 0 Å². The second-order valence-corrected chi connectivity index (χ2v) is 5.90. The molecule has 0 aliphatic rings. The number of aliphatic carboxylic acids is 1. The zero-order valence-corrected chi connectivity index (χ0v) is 13.1. The Hall–Kier alpha value is -0.570. The van der Waals surface area contributed by atoms with E-state index < -0.39 is 5.97 Å². The van der Waals surface area contributed by atoms with E-state index in [1.165, 1.54) is 38.6 Å². The Morgan fingerprint density at radius 3 is 1.72 bits per heavy atom. The van der Waals surface area contributed by atoms with Crippen molar-refractivity contribution in [2.75, 3.05) is 27.7 Å². The van der Waals surface area contributed by atoms with E-state index in [-0.39, 0.29) is 6.42 Å². The molecule has 0 aromatic rings. The smallest absolute Gasteiger partial charge is 0.0780 e. The quantitative estimate of drug-likeness (QED) is 0.472. The number of carbonyl (C=O) groups is 1. The van der Waals surface area contributed by atoms with Crippen LogP contribution in [0.3, 0.4) is 0 Å². The van der Waals surface area contributed by atoms with Gasteiger partial charge in [-0.1, -0.05) is 39.5 Å². The third kappa shape index (κ3) is 24.6. The number of rotatable bonds is 9. The Morgan fingerprint density at radius 1 is 0.889 bits per heavy atom. The molecule has 0 aliphatic carbocycles. The highest BCUT2D eigenvalue weighted by Crippen LogP contribution is 2.04. The Labute approximate surface area is 114 Å². The fourth-order valence-corrected chi connectivity index (χ4v) is 1.51. The van der Waals surface area contributed by atoms with Gasteiger partial charge in [0.15, 0.2) is 0 Å². The summed E-state index contributed by atoms with van der Waals surface area (Å²) in [5.41, 5.74) is 0. The SMILES string of the molecule is CCCCC(=O)[O-].CCCCCCC[N+](C)(C)C. The summed E-state index contributed by atoms with van der Waals surface area (Å²) in [5, 5.41) is 9.65. The summed E-state index contributed by atoms with van der Waals surface area (Å²) in [6.45, 7) is 5.53. The molecule has 0 fully saturated rings. The summed E-state index contributed by atoms with van der Waals surface area (Å²) in [4.78, 5) is 9.65. The van der Waals surface area contributed by atoms with E-state index in [2.05, 4.69) is 28.1 Å². The first-order valence-corrected chi connectivity index (χ1v) is 7.33. The topological polar surface area (TPSA) is 40.1 Å². The van der Waals surface area contributed by atoms with E-state index in [0.717, 1.165) is 17.3 Å². The number of carboxylic acid groups (broad SMARTS) is 1. The van der Waals surface area contributed by atoms with E-state index in [1.807, 2.05) is 6.92 Å². The molecule has 0 heterocycles. The summed E-state index contributed by atoms with van der Waals surface area (Å²) in [5.74, 6) is -0.943. The molecule has 0 bridgehead atoms. The zero-order chi connectivity index (χ0) is 14.4. The second-order valence-electron chi connectivity index (χ2n) is 5.90. The molecule has 0 rings (SSSR count). The summed E-state index contributed by atoms with van der Waals surface area (Å²) < 4.78 is 1.12. The molecule has 0 N–H and O–H groups in total. The van der Waals surface area contributed by atoms with Crippen molar-refractivity contribution < 1.29 is 14.4 Å². The van der Waals surface area contributed by atoms with E-state index in [1.54, 1.807) is 0 Å². The highest BCUT2D eigenvalue weighted by atomic mass is 16.4. The molecule has 110 valence electrons. The molecule has 0 saturated heterocycles. The average molecular weight is 259 g/mol. The van der Waals surface area contributed by atoms with Crippen molar-refractivity contribution >= 4 is 5.97 Å². The first-order valence-electron chi connectivity index (χ1n) is 7.33. The molecule has 0 amide bonds. The van der Waals surface area contributed by atoms with Crippen molar-refractivity contribution in [3.8, 4) is 0 Å². The second kappa shape index (κ2) is 12.9. The van der Waals surface area contributed by atoms with Crippen LogP contribution in [0.4, 0.5) is 0 Å². The van der Waals surface area contributed by atoms with Gasteiger partial charge in [0.05, 0.1) is 27.7 Å². The van der Waals surface area contributed by atoms with Crippen molar-refractivity contribution in [3.63, 3.8) is 0 Å². The zero-order valence-electron chi connectivity index (χ0n) is 13.1. The lowest BCUT2D eigenvalue weighted by Crippen LogP contribution is -2.35. The van der Waals surface area contributed by atoms with E-state index >= 15 is 0 Å². The van der Waals surface area contributed by atoms with Crippen LogP contribution in [-0.2, 0) is 4.79 Å². The molecule has 0 radical (unpaired) electrons. The predicted molar refractivity (Wildman–Crippen MR) is 76.2 cm³/mol. The van der Waals surface area contributed by atoms with E-state index in [9.17, 15) is 9.90 Å². The highest BCUT2D eigenvalue weighted by molar-refractivity contribution is 5.63. The first-order chi connectivity index (χ1) is 8.33. The largest absolute Gasteiger partial charge is 0.550 e. The molecule has 0 spiro atoms. The number of hydrogen-bond acceptors (Lipinski definition) is 2. The molecule has 0 aromatic carbocycles. The Balaban J connectivity index is 0. The number of unbranched alkanes of at least 4 members (excludes halogenated alkanes) is 5. The Morgan fingerprint density at radius 2 is 1.39 bits per heavy atom. The number of carbonyl (C=O) groups excluding carboxylic acids is 1. The van der Waals surface area contributed by atoms with Gasteiger partial charge < -0.3 is 14.4 Å². The van der Waals surface area contributed by atoms with Gasteiger partial charge in [-0.3, -0.25) is 0 Å². The van der Waals surface area contributed by atoms with Crippen LogP contribution < -0.4 is 5.11 Å². The lowest BCUT2D eigenvalue weighted by molar-refractivity contribution is -0.870. The molecule has 18 heavy (non-hydrogen) atoms. The molecule has 3 heteroatoms. The normalized spacial score (nSPS) is 10.7. The average Bonchev–Trinajstić information content (AvgIpc) is 2.25. The maximum Gasteiger partial charge on any atom is 0.0780 e. The van der Waals surface area contributed by atoms with Crippen molar-refractivity contribution in [2.45, 2.75) is 65.2 Å². The summed E-state index contributed by atoms with van der Waals surface area (Å²) in [6.07, 6.45) is 8.87. The van der Waals surface area contributed by atoms with Crippen LogP contribution in [0.2, 0.25) is 0 Å². The van der Waals surface area contributed by atoms with Gasteiger partial charge >= 0.3 is 0 Å². The van der Waals surface area contributed by atoms with Crippen LogP contribution >= 0.6 is 0 Å². The van der Waals surface area contributed by atoms with Crippen molar-refractivity contribution in [3.05, 3.63) is 0 Å². The monoisotopic (exact) mass is 259 g/mol. The summed E-state index contributed by atoms with van der Waals surface area (Å²) in [7, 11) is 6.79. The van der Waals surface area contributed by atoms with Gasteiger partial charge in [0.1, 0.15) is 0 Å². The Kier molecular flexibility index (Phi) is 14.1. The van der Waals surface area contributed by atoms with Gasteiger partial charge in [-0.15, -0.1) is 0 Å². The molecular weight excluding hydrogens is 226 g/mol. The molecule has 0 aromatic heterocycles. The lowest BCUT2D eigenvalue weighted by Gasteiger charge is -2.23. The lowest BCUT2D eigenvalue weighted by atomic mass is 10.1. The third-order valence-corrected chi connectivity index (χ3v) is 2.67. The van der Waals surface area contributed by atoms with Gasteiger partial charge in [-0.05, 0) is 25.7 Å². The first kappa shape index (κ1) is 19.8. The molecule has 0 unspecified atom stereocenters. The standard InChI is InChI=1S/C10H24N.C5H10O2/c1-5-6-7-8-9-10-11(2,3)4;1-2-3-4-5(6)7/h5-10H2,1-4H3;2-4H2,1H3,(H,6,7)/q+1;/p-1. The minimum Gasteiger partial charge on any atom is -0.550 e. The number of carboxylic acids is 1. The summed E-state index contributed by atoms with van der Waals surface area (Å²) >= 11 is 0. The fourth-order valence-electron chi connectivity index (χ4n) is 1.51. The number of nitrogens with zero attached hydrogens (tertiary/aromatic N) is 1. The van der Waals surface area contributed by atoms with Crippen LogP contribution in [0.1, 0.15) is 65.2 Å². The maximum absolute atomic E-state index is 9.65. The maximum atomic E-state index is 9.65. The van der Waals surface area contributed by atoms with E-state index in [0.29, 0.717) is 0 Å². The fraction of sp³-hybridized carbons (Fsp3) is 0.933. The van der Waals surface area contributed by atoms with Crippen molar-refractivity contribution in [1.82, 2.24) is 0 Å². The van der Waals surface area contributed by atoms with Crippen molar-refractivity contribution in [1.29, 1.82) is 0 Å². The van der Waals surface area contributed by atoms with Crippen LogP contribution in [0.5, 0.6) is 0 Å². The number of hydrogen-bond donors (Lipinski definition) is 0. The summed E-state index contributed by atoms with van der Waals surface area (Å²) in [6, 6.07) is 0. The highest BCUT2D eigenvalue weighted by Gasteiger charge is 2.04. The van der Waals surface area contributed by atoms with Gasteiger partial charge in [-0.2, -0.15) is 0 Å². The molecule has 3 nitrogen and oxygen atoms in total. The molecule has 0 aliphatic heterocycles. The molecule has 0 saturated carbocycles. The van der Waals surface area contributed by atoms with Gasteiger partial charge in [0, 0.05) is 5.97 Å². The molecule has 0 atom stereocenters.